The number of rotatable bonds is 6. The maximum Gasteiger partial charge on any atom is 0.410 e. The van der Waals surface area contributed by atoms with E-state index in [4.69, 9.17) is 14.5 Å². The van der Waals surface area contributed by atoms with Gasteiger partial charge in [-0.25, -0.2) is 14.0 Å². The van der Waals surface area contributed by atoms with Gasteiger partial charge in [0.2, 0.25) is 0 Å². The second-order valence-corrected chi connectivity index (χ2v) is 12.2. The van der Waals surface area contributed by atoms with E-state index in [0.29, 0.717) is 48.6 Å². The quantitative estimate of drug-likeness (QED) is 0.309. The van der Waals surface area contributed by atoms with Crippen LogP contribution >= 0.6 is 0 Å². The number of benzene rings is 1. The Morgan fingerprint density at radius 2 is 1.88 bits per heavy atom. The predicted molar refractivity (Wildman–Crippen MR) is 153 cm³/mol. The van der Waals surface area contributed by atoms with E-state index in [9.17, 15) is 9.59 Å². The van der Waals surface area contributed by atoms with Gasteiger partial charge in [0.1, 0.15) is 5.60 Å². The average Bonchev–Trinajstić information content (AvgIpc) is 3.70. The molecular formula is C32H40FN3O4. The molecule has 2 aromatic heterocycles. The second kappa shape index (κ2) is 10.9. The molecule has 1 aliphatic carbocycles. The van der Waals surface area contributed by atoms with E-state index in [1.54, 1.807) is 11.0 Å². The maximum absolute atomic E-state index is 16.7. The molecule has 2 fully saturated rings. The Kier molecular flexibility index (Phi) is 7.64. The minimum absolute atomic E-state index is 0.191. The van der Waals surface area contributed by atoms with Crippen molar-refractivity contribution in [1.82, 2.24) is 14.5 Å². The van der Waals surface area contributed by atoms with Crippen molar-refractivity contribution >= 4 is 23.0 Å². The molecule has 0 bridgehead atoms. The molecule has 0 spiro atoms. The number of piperidine rings is 1. The summed E-state index contributed by atoms with van der Waals surface area (Å²) in [6.07, 6.45) is 4.08. The fourth-order valence-electron chi connectivity index (χ4n) is 5.88. The Morgan fingerprint density at radius 1 is 1.12 bits per heavy atom. The normalized spacial score (nSPS) is 17.8. The molecule has 5 rings (SSSR count). The number of aryl methyl sites for hydroxylation is 2. The summed E-state index contributed by atoms with van der Waals surface area (Å²) in [5.41, 5.74) is 4.58. The zero-order valence-corrected chi connectivity index (χ0v) is 24.5. The monoisotopic (exact) mass is 549 g/mol. The molecule has 0 radical (unpaired) electrons. The smallest absolute Gasteiger partial charge is 0.410 e. The highest BCUT2D eigenvalue weighted by Crippen LogP contribution is 2.43. The molecule has 8 heteroatoms. The first-order valence-electron chi connectivity index (χ1n) is 14.4. The van der Waals surface area contributed by atoms with Gasteiger partial charge in [-0.05, 0) is 83.9 Å². The van der Waals surface area contributed by atoms with Crippen LogP contribution in [-0.2, 0) is 22.4 Å². The van der Waals surface area contributed by atoms with Gasteiger partial charge in [0.05, 0.1) is 23.9 Å². The average molecular weight is 550 g/mol. The number of aromatic nitrogens is 2. The van der Waals surface area contributed by atoms with Crippen LogP contribution in [0.5, 0.6) is 0 Å². The minimum atomic E-state index is -0.603. The first kappa shape index (κ1) is 28.1. The number of halogens is 1. The first-order valence-corrected chi connectivity index (χ1v) is 14.4. The molecule has 1 amide bonds. The number of ether oxygens (including phenoxy) is 2. The van der Waals surface area contributed by atoms with Crippen LogP contribution in [0.1, 0.15) is 86.7 Å². The molecule has 1 saturated heterocycles. The number of carbonyl (C=O) groups is 2. The van der Waals surface area contributed by atoms with Gasteiger partial charge in [0.15, 0.2) is 5.82 Å². The van der Waals surface area contributed by atoms with Crippen molar-refractivity contribution in [2.75, 3.05) is 20.2 Å². The lowest BCUT2D eigenvalue weighted by molar-refractivity contribution is 0.0194. The standard InChI is InChI=1S/C32H40FN3O4/c1-7-26-23(13-10-19(2)34-26)24-15-22(30(37)39-6)16-25-27(33)28(36(29(24)25)17-20-11-12-20)21-9-8-14-35(18-21)31(38)40-32(3,4)5/h10,13,15-16,20-21H,7-9,11-12,14,17-18H2,1-6H3/t21-/m0/s1. The number of pyridine rings is 1. The molecule has 214 valence electrons. The minimum Gasteiger partial charge on any atom is -0.465 e. The molecule has 2 aliphatic rings. The van der Waals surface area contributed by atoms with Gasteiger partial charge in [-0.2, -0.15) is 0 Å². The fourth-order valence-corrected chi connectivity index (χ4v) is 5.88. The van der Waals surface area contributed by atoms with Gasteiger partial charge in [0, 0.05) is 53.5 Å². The summed E-state index contributed by atoms with van der Waals surface area (Å²) in [4.78, 5) is 32.2. The van der Waals surface area contributed by atoms with E-state index in [2.05, 4.69) is 11.5 Å². The molecule has 1 aromatic carbocycles. The van der Waals surface area contributed by atoms with Crippen LogP contribution in [0.2, 0.25) is 0 Å². The number of likely N-dealkylation sites (tertiary alicyclic amines) is 1. The SMILES string of the molecule is CCc1nc(C)ccc1-c1cc(C(=O)OC)cc2c(F)c([C@H]3CCCN(C(=O)OC(C)(C)C)C3)n(CC3CC3)c12. The third kappa shape index (κ3) is 5.58. The summed E-state index contributed by atoms with van der Waals surface area (Å²) < 4.78 is 29.6. The largest absolute Gasteiger partial charge is 0.465 e. The fraction of sp³-hybridized carbons (Fsp3) is 0.531. The third-order valence-corrected chi connectivity index (χ3v) is 7.89. The zero-order valence-electron chi connectivity index (χ0n) is 24.5. The van der Waals surface area contributed by atoms with Crippen molar-refractivity contribution in [3.8, 4) is 11.1 Å². The lowest BCUT2D eigenvalue weighted by atomic mass is 9.94. The highest BCUT2D eigenvalue weighted by atomic mass is 19.1. The number of fused-ring (bicyclic) bond motifs is 1. The summed E-state index contributed by atoms with van der Waals surface area (Å²) in [7, 11) is 1.34. The Morgan fingerprint density at radius 3 is 2.52 bits per heavy atom. The van der Waals surface area contributed by atoms with E-state index in [1.165, 1.54) is 7.11 Å². The van der Waals surface area contributed by atoms with Gasteiger partial charge < -0.3 is 18.9 Å². The first-order chi connectivity index (χ1) is 19.0. The maximum atomic E-state index is 16.7. The van der Waals surface area contributed by atoms with Crippen LogP contribution in [0.3, 0.4) is 0 Å². The summed E-state index contributed by atoms with van der Waals surface area (Å²) in [6.45, 7) is 11.2. The van der Waals surface area contributed by atoms with Crippen LogP contribution in [0.25, 0.3) is 22.0 Å². The molecule has 0 unspecified atom stereocenters. The summed E-state index contributed by atoms with van der Waals surface area (Å²) in [5, 5.41) is 0.408. The predicted octanol–water partition coefficient (Wildman–Crippen LogP) is 7.02. The molecule has 3 heterocycles. The van der Waals surface area contributed by atoms with Gasteiger partial charge in [-0.1, -0.05) is 13.0 Å². The molecule has 1 atom stereocenters. The molecular weight excluding hydrogens is 509 g/mol. The van der Waals surface area contributed by atoms with Gasteiger partial charge >= 0.3 is 12.1 Å². The zero-order chi connectivity index (χ0) is 28.8. The summed E-state index contributed by atoms with van der Waals surface area (Å²) >= 11 is 0. The van der Waals surface area contributed by atoms with Crippen molar-refractivity contribution in [2.24, 2.45) is 5.92 Å². The van der Waals surface area contributed by atoms with Crippen molar-refractivity contribution in [3.05, 3.63) is 52.7 Å². The number of esters is 1. The molecule has 1 aliphatic heterocycles. The van der Waals surface area contributed by atoms with Gasteiger partial charge in [0.25, 0.3) is 0 Å². The highest BCUT2D eigenvalue weighted by molar-refractivity contribution is 6.03. The van der Waals surface area contributed by atoms with Crippen molar-refractivity contribution in [1.29, 1.82) is 0 Å². The van der Waals surface area contributed by atoms with Crippen LogP contribution in [0.15, 0.2) is 24.3 Å². The number of hydrogen-bond acceptors (Lipinski definition) is 5. The van der Waals surface area contributed by atoms with E-state index >= 15 is 4.39 Å². The van der Waals surface area contributed by atoms with Gasteiger partial charge in [-0.15, -0.1) is 0 Å². The molecule has 0 N–H and O–H groups in total. The Labute approximate surface area is 235 Å². The Hall–Kier alpha value is -3.42. The summed E-state index contributed by atoms with van der Waals surface area (Å²) in [6, 6.07) is 7.42. The van der Waals surface area contributed by atoms with Gasteiger partial charge in [-0.3, -0.25) is 4.98 Å². The number of methoxy groups -OCH3 is 1. The lowest BCUT2D eigenvalue weighted by Gasteiger charge is -2.34. The van der Waals surface area contributed by atoms with E-state index < -0.39 is 11.6 Å². The van der Waals surface area contributed by atoms with E-state index in [-0.39, 0.29) is 17.8 Å². The van der Waals surface area contributed by atoms with Crippen LogP contribution in [0.4, 0.5) is 9.18 Å². The van der Waals surface area contributed by atoms with Crippen molar-refractivity contribution in [2.45, 2.75) is 84.8 Å². The number of carbonyl (C=O) groups excluding carboxylic acids is 2. The third-order valence-electron chi connectivity index (χ3n) is 7.89. The second-order valence-electron chi connectivity index (χ2n) is 12.2. The Balaban J connectivity index is 1.71. The number of hydrogen-bond donors (Lipinski definition) is 0. The molecule has 3 aromatic rings. The van der Waals surface area contributed by atoms with E-state index in [0.717, 1.165) is 53.7 Å². The highest BCUT2D eigenvalue weighted by Gasteiger charge is 2.35. The molecule has 7 nitrogen and oxygen atoms in total. The van der Waals surface area contributed by atoms with Crippen molar-refractivity contribution < 1.29 is 23.5 Å². The van der Waals surface area contributed by atoms with Crippen LogP contribution in [0, 0.1) is 18.7 Å². The summed E-state index contributed by atoms with van der Waals surface area (Å²) in [5.74, 6) is -0.541. The number of nitrogens with zero attached hydrogens (tertiary/aromatic N) is 3. The lowest BCUT2D eigenvalue weighted by Crippen LogP contribution is -2.42. The molecule has 1 saturated carbocycles. The van der Waals surface area contributed by atoms with Crippen LogP contribution in [-0.4, -0.2) is 52.3 Å². The van der Waals surface area contributed by atoms with Crippen molar-refractivity contribution in [3.63, 3.8) is 0 Å². The van der Waals surface area contributed by atoms with E-state index in [1.807, 2.05) is 45.9 Å². The topological polar surface area (TPSA) is 73.7 Å². The number of amides is 1. The van der Waals surface area contributed by atoms with Crippen LogP contribution < -0.4 is 0 Å². The Bertz CT molecular complexity index is 1450. The molecule has 40 heavy (non-hydrogen) atoms.